The Morgan fingerprint density at radius 3 is 2.81 bits per heavy atom. The number of nitrogens with zero attached hydrogens (tertiary/aromatic N) is 1. The lowest BCUT2D eigenvalue weighted by molar-refractivity contribution is 0.320. The summed E-state index contributed by atoms with van der Waals surface area (Å²) in [4.78, 5) is 4.00. The average Bonchev–Trinajstić information content (AvgIpc) is 3.10. The quantitative estimate of drug-likeness (QED) is 0.835. The monoisotopic (exact) mass is 364 g/mol. The summed E-state index contributed by atoms with van der Waals surface area (Å²) in [7, 11) is 0. The van der Waals surface area contributed by atoms with Crippen LogP contribution < -0.4 is 5.32 Å². The third-order valence-corrected chi connectivity index (χ3v) is 5.64. The number of likely N-dealkylation sites (tertiary alicyclic amines) is 1. The highest BCUT2D eigenvalue weighted by Gasteiger charge is 2.21. The van der Waals surface area contributed by atoms with Crippen LogP contribution in [0, 0.1) is 0 Å². The zero-order valence-corrected chi connectivity index (χ0v) is 14.5. The van der Waals surface area contributed by atoms with Gasteiger partial charge in [0.15, 0.2) is 0 Å². The molecule has 2 nitrogen and oxygen atoms in total. The average molecular weight is 365 g/mol. The van der Waals surface area contributed by atoms with Crippen molar-refractivity contribution in [2.45, 2.75) is 25.4 Å². The molecule has 1 unspecified atom stereocenters. The van der Waals surface area contributed by atoms with Crippen molar-refractivity contribution in [1.82, 2.24) is 10.2 Å². The molecule has 0 spiro atoms. The molecule has 0 aliphatic carbocycles. The molecular formula is C17H21BrN2S. The van der Waals surface area contributed by atoms with Crippen LogP contribution in [0.2, 0.25) is 0 Å². The van der Waals surface area contributed by atoms with Crippen molar-refractivity contribution in [3.63, 3.8) is 0 Å². The molecule has 1 aromatic heterocycles. The maximum Gasteiger partial charge on any atom is 0.0701 e. The van der Waals surface area contributed by atoms with E-state index in [9.17, 15) is 0 Å². The smallest absolute Gasteiger partial charge is 0.0701 e. The Kier molecular flexibility index (Phi) is 5.47. The van der Waals surface area contributed by atoms with Crippen molar-refractivity contribution >= 4 is 27.3 Å². The van der Waals surface area contributed by atoms with Crippen molar-refractivity contribution in [2.24, 2.45) is 0 Å². The van der Waals surface area contributed by atoms with Crippen molar-refractivity contribution in [2.75, 3.05) is 19.6 Å². The van der Waals surface area contributed by atoms with Gasteiger partial charge in [-0.1, -0.05) is 30.3 Å². The van der Waals surface area contributed by atoms with Crippen molar-refractivity contribution < 1.29 is 0 Å². The molecule has 1 aliphatic heterocycles. The second-order valence-corrected chi connectivity index (χ2v) is 8.16. The lowest BCUT2D eigenvalue weighted by atomic mass is 10.2. The number of rotatable bonds is 6. The summed E-state index contributed by atoms with van der Waals surface area (Å²) in [6.45, 7) is 4.54. The number of thiophene rings is 1. The first-order chi connectivity index (χ1) is 10.3. The molecule has 3 rings (SSSR count). The molecule has 2 heterocycles. The lowest BCUT2D eigenvalue weighted by Gasteiger charge is -2.16. The molecule has 1 fully saturated rings. The van der Waals surface area contributed by atoms with Crippen LogP contribution in [0.4, 0.5) is 0 Å². The maximum absolute atomic E-state index is 3.70. The van der Waals surface area contributed by atoms with Gasteiger partial charge in [0.05, 0.1) is 3.79 Å². The van der Waals surface area contributed by atoms with Crippen LogP contribution in [-0.4, -0.2) is 30.6 Å². The van der Waals surface area contributed by atoms with E-state index in [1.54, 1.807) is 0 Å². The van der Waals surface area contributed by atoms with Crippen LogP contribution in [0.15, 0.2) is 46.3 Å². The van der Waals surface area contributed by atoms with Gasteiger partial charge in [0.25, 0.3) is 0 Å². The molecule has 1 atom stereocenters. The molecule has 1 aliphatic rings. The van der Waals surface area contributed by atoms with E-state index in [-0.39, 0.29) is 0 Å². The molecule has 21 heavy (non-hydrogen) atoms. The molecule has 0 saturated carbocycles. The molecule has 2 aromatic rings. The van der Waals surface area contributed by atoms with Crippen LogP contribution in [-0.2, 0) is 13.0 Å². The normalized spacial score (nSPS) is 19.2. The van der Waals surface area contributed by atoms with Gasteiger partial charge in [0, 0.05) is 37.1 Å². The minimum atomic E-state index is 0.650. The zero-order valence-electron chi connectivity index (χ0n) is 12.1. The summed E-state index contributed by atoms with van der Waals surface area (Å²) in [5, 5.41) is 3.70. The van der Waals surface area contributed by atoms with Crippen LogP contribution in [0.3, 0.4) is 0 Å². The Bertz CT molecular complexity index is 555. The van der Waals surface area contributed by atoms with Crippen LogP contribution in [0.1, 0.15) is 16.9 Å². The first-order valence-electron chi connectivity index (χ1n) is 7.53. The predicted molar refractivity (Wildman–Crippen MR) is 93.8 cm³/mol. The first kappa shape index (κ1) is 15.2. The molecule has 1 aromatic carbocycles. The second kappa shape index (κ2) is 7.54. The van der Waals surface area contributed by atoms with Crippen molar-refractivity contribution in [3.8, 4) is 0 Å². The Labute approximate surface area is 139 Å². The van der Waals surface area contributed by atoms with Gasteiger partial charge in [-0.15, -0.1) is 11.3 Å². The van der Waals surface area contributed by atoms with Gasteiger partial charge in [0.2, 0.25) is 0 Å². The van der Waals surface area contributed by atoms with Gasteiger partial charge in [-0.05, 0) is 46.5 Å². The lowest BCUT2D eigenvalue weighted by Crippen LogP contribution is -2.33. The van der Waals surface area contributed by atoms with E-state index in [1.165, 1.54) is 33.7 Å². The van der Waals surface area contributed by atoms with Gasteiger partial charge < -0.3 is 5.32 Å². The van der Waals surface area contributed by atoms with E-state index in [0.29, 0.717) is 6.04 Å². The van der Waals surface area contributed by atoms with Crippen LogP contribution >= 0.6 is 27.3 Å². The summed E-state index contributed by atoms with van der Waals surface area (Å²) < 4.78 is 1.23. The number of halogens is 1. The molecule has 1 N–H and O–H groups in total. The highest BCUT2D eigenvalue weighted by molar-refractivity contribution is 9.11. The number of hydrogen-bond donors (Lipinski definition) is 1. The number of nitrogens with one attached hydrogen (secondary N) is 1. The third kappa shape index (κ3) is 4.65. The fourth-order valence-corrected chi connectivity index (χ4v) is 4.35. The highest BCUT2D eigenvalue weighted by Crippen LogP contribution is 2.22. The fourth-order valence-electron chi connectivity index (χ4n) is 2.87. The predicted octanol–water partition coefficient (Wildman–Crippen LogP) is 3.92. The second-order valence-electron chi connectivity index (χ2n) is 5.62. The summed E-state index contributed by atoms with van der Waals surface area (Å²) in [5.41, 5.74) is 1.42. The Balaban J connectivity index is 1.38. The van der Waals surface area contributed by atoms with E-state index in [4.69, 9.17) is 0 Å². The molecule has 0 bridgehead atoms. The Morgan fingerprint density at radius 2 is 2.05 bits per heavy atom. The minimum Gasteiger partial charge on any atom is -0.312 e. The summed E-state index contributed by atoms with van der Waals surface area (Å²) in [6, 6.07) is 15.8. The summed E-state index contributed by atoms with van der Waals surface area (Å²) in [5.74, 6) is 0. The fraction of sp³-hybridized carbons (Fsp3) is 0.412. The van der Waals surface area contributed by atoms with E-state index >= 15 is 0 Å². The van der Waals surface area contributed by atoms with Gasteiger partial charge in [-0.25, -0.2) is 0 Å². The van der Waals surface area contributed by atoms with Crippen molar-refractivity contribution in [3.05, 3.63) is 56.7 Å². The Hall–Kier alpha value is -0.680. The minimum absolute atomic E-state index is 0.650. The maximum atomic E-state index is 3.70. The standard InChI is InChI=1S/C17H21BrN2S/c18-17-7-6-16(21-17)8-10-19-15-9-11-20(13-15)12-14-4-2-1-3-5-14/h1-7,15,19H,8-13H2. The molecule has 0 amide bonds. The molecule has 0 radical (unpaired) electrons. The number of benzene rings is 1. The molecular weight excluding hydrogens is 344 g/mol. The van der Waals surface area contributed by atoms with Gasteiger partial charge in [-0.3, -0.25) is 4.90 Å². The van der Waals surface area contributed by atoms with Gasteiger partial charge in [-0.2, -0.15) is 0 Å². The van der Waals surface area contributed by atoms with Crippen molar-refractivity contribution in [1.29, 1.82) is 0 Å². The first-order valence-corrected chi connectivity index (χ1v) is 9.14. The van der Waals surface area contributed by atoms with Crippen LogP contribution in [0.5, 0.6) is 0 Å². The van der Waals surface area contributed by atoms with E-state index in [1.807, 2.05) is 11.3 Å². The highest BCUT2D eigenvalue weighted by atomic mass is 79.9. The van der Waals surface area contributed by atoms with Crippen LogP contribution in [0.25, 0.3) is 0 Å². The summed E-state index contributed by atoms with van der Waals surface area (Å²) in [6.07, 6.45) is 2.40. The third-order valence-electron chi connectivity index (χ3n) is 3.95. The molecule has 112 valence electrons. The van der Waals surface area contributed by atoms with E-state index in [0.717, 1.165) is 19.5 Å². The molecule has 4 heteroatoms. The van der Waals surface area contributed by atoms with E-state index < -0.39 is 0 Å². The Morgan fingerprint density at radius 1 is 1.19 bits per heavy atom. The molecule has 1 saturated heterocycles. The summed E-state index contributed by atoms with van der Waals surface area (Å²) >= 11 is 5.36. The van der Waals surface area contributed by atoms with Gasteiger partial charge >= 0.3 is 0 Å². The topological polar surface area (TPSA) is 15.3 Å². The largest absolute Gasteiger partial charge is 0.312 e. The van der Waals surface area contributed by atoms with Gasteiger partial charge in [0.1, 0.15) is 0 Å². The number of hydrogen-bond acceptors (Lipinski definition) is 3. The SMILES string of the molecule is Brc1ccc(CCNC2CCN(Cc3ccccc3)C2)s1. The van der Waals surface area contributed by atoms with E-state index in [2.05, 4.69) is 68.6 Å². The zero-order chi connectivity index (χ0) is 14.5.